The number of hydrogen-bond acceptors (Lipinski definition) is 5. The van der Waals surface area contributed by atoms with Gasteiger partial charge >= 0.3 is 0 Å². The molecule has 0 aliphatic rings. The molecule has 5 nitrogen and oxygen atoms in total. The molecule has 136 valence electrons. The molecule has 3 rings (SSSR count). The average molecular weight is 352 g/mol. The Morgan fingerprint density at radius 1 is 0.769 bits per heavy atom. The van der Waals surface area contributed by atoms with E-state index in [4.69, 9.17) is 14.0 Å². The molecule has 0 spiro atoms. The second kappa shape index (κ2) is 9.04. The van der Waals surface area contributed by atoms with Crippen LogP contribution in [0.15, 0.2) is 53.1 Å². The van der Waals surface area contributed by atoms with Crippen molar-refractivity contribution in [3.8, 4) is 34.3 Å². The van der Waals surface area contributed by atoms with Crippen LogP contribution in [-0.2, 0) is 0 Å². The maximum absolute atomic E-state index is 5.67. The zero-order chi connectivity index (χ0) is 18.2. The predicted molar refractivity (Wildman–Crippen MR) is 101 cm³/mol. The number of rotatable bonds is 9. The minimum Gasteiger partial charge on any atom is -0.494 e. The Morgan fingerprint density at radius 2 is 1.38 bits per heavy atom. The van der Waals surface area contributed by atoms with Gasteiger partial charge in [-0.3, -0.25) is 0 Å². The summed E-state index contributed by atoms with van der Waals surface area (Å²) in [6.07, 6.45) is 3.16. The van der Waals surface area contributed by atoms with E-state index in [0.717, 1.165) is 48.5 Å². The Labute approximate surface area is 154 Å². The van der Waals surface area contributed by atoms with Crippen molar-refractivity contribution in [2.45, 2.75) is 33.1 Å². The first kappa shape index (κ1) is 18.0. The standard InChI is InChI=1S/C21H24N2O3/c1-3-5-15-25-19-12-8-17(9-13-19)21-22-20(23-26-21)16-6-10-18(11-7-16)24-14-4-2/h6-13H,3-5,14-15H2,1-2H3. The molecule has 0 aliphatic carbocycles. The molecule has 0 bridgehead atoms. The van der Waals surface area contributed by atoms with Crippen molar-refractivity contribution in [3.63, 3.8) is 0 Å². The minimum atomic E-state index is 0.492. The normalized spacial score (nSPS) is 10.7. The van der Waals surface area contributed by atoms with Crippen molar-refractivity contribution in [2.75, 3.05) is 13.2 Å². The van der Waals surface area contributed by atoms with Gasteiger partial charge in [-0.25, -0.2) is 0 Å². The lowest BCUT2D eigenvalue weighted by molar-refractivity contribution is 0.309. The Hall–Kier alpha value is -2.82. The number of benzene rings is 2. The predicted octanol–water partition coefficient (Wildman–Crippen LogP) is 5.37. The van der Waals surface area contributed by atoms with Gasteiger partial charge in [0.15, 0.2) is 0 Å². The average Bonchev–Trinajstić information content (AvgIpc) is 3.18. The second-order valence-electron chi connectivity index (χ2n) is 6.02. The first-order chi connectivity index (χ1) is 12.8. The molecule has 0 amide bonds. The molecule has 2 aromatic carbocycles. The van der Waals surface area contributed by atoms with Crippen LogP contribution < -0.4 is 9.47 Å². The maximum atomic E-state index is 5.67. The zero-order valence-electron chi connectivity index (χ0n) is 15.3. The van der Waals surface area contributed by atoms with Gasteiger partial charge in [0.25, 0.3) is 5.89 Å². The van der Waals surface area contributed by atoms with E-state index in [2.05, 4.69) is 24.0 Å². The van der Waals surface area contributed by atoms with Gasteiger partial charge in [-0.2, -0.15) is 4.98 Å². The van der Waals surface area contributed by atoms with E-state index in [1.807, 2.05) is 48.5 Å². The van der Waals surface area contributed by atoms with E-state index in [1.54, 1.807) is 0 Å². The Balaban J connectivity index is 1.67. The largest absolute Gasteiger partial charge is 0.494 e. The van der Waals surface area contributed by atoms with Gasteiger partial charge in [-0.15, -0.1) is 0 Å². The topological polar surface area (TPSA) is 57.4 Å². The number of nitrogens with zero attached hydrogens (tertiary/aromatic N) is 2. The Kier molecular flexibility index (Phi) is 6.25. The summed E-state index contributed by atoms with van der Waals surface area (Å²) in [5.41, 5.74) is 1.76. The van der Waals surface area contributed by atoms with Crippen molar-refractivity contribution in [1.82, 2.24) is 10.1 Å². The van der Waals surface area contributed by atoms with E-state index in [0.29, 0.717) is 18.3 Å². The maximum Gasteiger partial charge on any atom is 0.258 e. The SMILES string of the molecule is CCCCOc1ccc(-c2nc(-c3ccc(OCCC)cc3)no2)cc1. The molecule has 0 aliphatic heterocycles. The molecule has 0 unspecified atom stereocenters. The van der Waals surface area contributed by atoms with Crippen LogP contribution in [-0.4, -0.2) is 23.4 Å². The molecule has 0 atom stereocenters. The van der Waals surface area contributed by atoms with Gasteiger partial charge in [-0.1, -0.05) is 25.4 Å². The van der Waals surface area contributed by atoms with E-state index in [1.165, 1.54) is 0 Å². The lowest BCUT2D eigenvalue weighted by atomic mass is 10.2. The van der Waals surface area contributed by atoms with Gasteiger partial charge in [-0.05, 0) is 61.4 Å². The van der Waals surface area contributed by atoms with Gasteiger partial charge < -0.3 is 14.0 Å². The lowest BCUT2D eigenvalue weighted by Crippen LogP contribution is -1.95. The summed E-state index contributed by atoms with van der Waals surface area (Å²) in [6.45, 7) is 5.67. The van der Waals surface area contributed by atoms with Gasteiger partial charge in [0.2, 0.25) is 5.82 Å². The fourth-order valence-electron chi connectivity index (χ4n) is 2.41. The third-order valence-corrected chi connectivity index (χ3v) is 3.88. The van der Waals surface area contributed by atoms with Crippen LogP contribution in [0.25, 0.3) is 22.8 Å². The van der Waals surface area contributed by atoms with Crippen LogP contribution in [0.3, 0.4) is 0 Å². The van der Waals surface area contributed by atoms with Crippen LogP contribution in [0.5, 0.6) is 11.5 Å². The fourth-order valence-corrected chi connectivity index (χ4v) is 2.41. The molecule has 0 radical (unpaired) electrons. The highest BCUT2D eigenvalue weighted by Crippen LogP contribution is 2.25. The summed E-state index contributed by atoms with van der Waals surface area (Å²) in [6, 6.07) is 15.4. The van der Waals surface area contributed by atoms with Gasteiger partial charge in [0.05, 0.1) is 13.2 Å². The highest BCUT2D eigenvalue weighted by atomic mass is 16.5. The van der Waals surface area contributed by atoms with Crippen molar-refractivity contribution < 1.29 is 14.0 Å². The summed E-state index contributed by atoms with van der Waals surface area (Å²) in [7, 11) is 0. The third kappa shape index (κ3) is 4.63. The van der Waals surface area contributed by atoms with Crippen molar-refractivity contribution in [2.24, 2.45) is 0 Å². The van der Waals surface area contributed by atoms with Gasteiger partial charge in [0.1, 0.15) is 11.5 Å². The van der Waals surface area contributed by atoms with E-state index >= 15 is 0 Å². The molecular weight excluding hydrogens is 328 g/mol. The summed E-state index contributed by atoms with van der Waals surface area (Å²) in [5.74, 6) is 2.75. The van der Waals surface area contributed by atoms with Gasteiger partial charge in [0, 0.05) is 11.1 Å². The van der Waals surface area contributed by atoms with Crippen LogP contribution in [0, 0.1) is 0 Å². The molecular formula is C21H24N2O3. The van der Waals surface area contributed by atoms with Crippen LogP contribution in [0.4, 0.5) is 0 Å². The number of ether oxygens (including phenoxy) is 2. The summed E-state index contributed by atoms with van der Waals surface area (Å²) in [4.78, 5) is 4.49. The van der Waals surface area contributed by atoms with Crippen molar-refractivity contribution in [1.29, 1.82) is 0 Å². The summed E-state index contributed by atoms with van der Waals surface area (Å²) in [5, 5.41) is 4.08. The molecule has 26 heavy (non-hydrogen) atoms. The van der Waals surface area contributed by atoms with E-state index < -0.39 is 0 Å². The number of hydrogen-bond donors (Lipinski definition) is 0. The Bertz CT molecular complexity index is 795. The number of unbranched alkanes of at least 4 members (excludes halogenated alkanes) is 1. The van der Waals surface area contributed by atoms with Crippen LogP contribution in [0.2, 0.25) is 0 Å². The third-order valence-electron chi connectivity index (χ3n) is 3.88. The molecule has 0 N–H and O–H groups in total. The van der Waals surface area contributed by atoms with Crippen LogP contribution in [0.1, 0.15) is 33.1 Å². The quantitative estimate of drug-likeness (QED) is 0.484. The zero-order valence-corrected chi connectivity index (χ0v) is 15.3. The Morgan fingerprint density at radius 3 is 2.00 bits per heavy atom. The van der Waals surface area contributed by atoms with Crippen molar-refractivity contribution in [3.05, 3.63) is 48.5 Å². The van der Waals surface area contributed by atoms with E-state index in [-0.39, 0.29) is 0 Å². The molecule has 0 fully saturated rings. The smallest absolute Gasteiger partial charge is 0.258 e. The fraction of sp³-hybridized carbons (Fsp3) is 0.333. The molecule has 5 heteroatoms. The summed E-state index contributed by atoms with van der Waals surface area (Å²) < 4.78 is 16.7. The lowest BCUT2D eigenvalue weighted by Gasteiger charge is -2.05. The van der Waals surface area contributed by atoms with Crippen molar-refractivity contribution >= 4 is 0 Å². The number of aromatic nitrogens is 2. The first-order valence-corrected chi connectivity index (χ1v) is 9.10. The monoisotopic (exact) mass is 352 g/mol. The first-order valence-electron chi connectivity index (χ1n) is 9.10. The molecule has 1 heterocycles. The summed E-state index contributed by atoms with van der Waals surface area (Å²) >= 11 is 0. The van der Waals surface area contributed by atoms with Crippen LogP contribution >= 0.6 is 0 Å². The highest BCUT2D eigenvalue weighted by Gasteiger charge is 2.11. The molecule has 1 aromatic heterocycles. The minimum absolute atomic E-state index is 0.492. The second-order valence-corrected chi connectivity index (χ2v) is 6.02. The molecule has 0 saturated carbocycles. The van der Waals surface area contributed by atoms with E-state index in [9.17, 15) is 0 Å². The molecule has 3 aromatic rings. The molecule has 0 saturated heterocycles. The highest BCUT2D eigenvalue weighted by molar-refractivity contribution is 5.60.